The molecule has 2 aromatic heterocycles. The third kappa shape index (κ3) is 6.25. The summed E-state index contributed by atoms with van der Waals surface area (Å²) in [4.78, 5) is 33.7. The van der Waals surface area contributed by atoms with Crippen LogP contribution in [-0.2, 0) is 27.2 Å². The molecule has 4 heterocycles. The van der Waals surface area contributed by atoms with Crippen LogP contribution in [0.3, 0.4) is 0 Å². The van der Waals surface area contributed by atoms with E-state index in [1.54, 1.807) is 0 Å². The number of hydrogen-bond acceptors (Lipinski definition) is 7. The number of likely N-dealkylation sites (tertiary alicyclic amines) is 1. The standard InChI is InChI=1S/C30H39N5O4/c1-3-13-34-14-10-23(11-15-34)32-24-18-25-26(33-29(36)22-12-17-39-20-22)27(30(37)38-2)35(28(25)31-19-24)16-9-21-7-5-4-6-8-21/h4-8,18-19,22-23,32H,3,9-17,20H2,1-2H3,(H,33,36)/t22-/m0/s1. The topological polar surface area (TPSA) is 97.7 Å². The van der Waals surface area contributed by atoms with Gasteiger partial charge < -0.3 is 29.6 Å². The lowest BCUT2D eigenvalue weighted by Gasteiger charge is -2.32. The van der Waals surface area contributed by atoms with E-state index >= 15 is 0 Å². The fraction of sp³-hybridized carbons (Fsp3) is 0.500. The van der Waals surface area contributed by atoms with Gasteiger partial charge in [0, 0.05) is 37.7 Å². The van der Waals surface area contributed by atoms with Crippen molar-refractivity contribution in [2.75, 3.05) is 50.6 Å². The number of rotatable bonds is 10. The van der Waals surface area contributed by atoms with Gasteiger partial charge in [-0.15, -0.1) is 0 Å². The van der Waals surface area contributed by atoms with E-state index in [9.17, 15) is 9.59 Å². The van der Waals surface area contributed by atoms with Gasteiger partial charge in [0.25, 0.3) is 0 Å². The number of aryl methyl sites for hydroxylation is 2. The Morgan fingerprint density at radius 2 is 1.92 bits per heavy atom. The highest BCUT2D eigenvalue weighted by atomic mass is 16.5. The number of pyridine rings is 1. The fourth-order valence-corrected chi connectivity index (χ4v) is 5.66. The van der Waals surface area contributed by atoms with Crippen LogP contribution < -0.4 is 10.6 Å². The number of carbonyl (C=O) groups excluding carboxylic acids is 2. The van der Waals surface area contributed by atoms with Crippen molar-refractivity contribution in [1.29, 1.82) is 0 Å². The van der Waals surface area contributed by atoms with E-state index in [-0.39, 0.29) is 11.8 Å². The summed E-state index contributed by atoms with van der Waals surface area (Å²) in [5.74, 6) is -0.904. The summed E-state index contributed by atoms with van der Waals surface area (Å²) in [6.45, 7) is 6.98. The monoisotopic (exact) mass is 533 g/mol. The van der Waals surface area contributed by atoms with Crippen molar-refractivity contribution in [3.63, 3.8) is 0 Å². The molecule has 0 unspecified atom stereocenters. The molecule has 5 rings (SSSR count). The molecule has 0 spiro atoms. The number of ether oxygens (including phenoxy) is 2. The van der Waals surface area contributed by atoms with Crippen LogP contribution in [0, 0.1) is 5.92 Å². The van der Waals surface area contributed by atoms with Crippen molar-refractivity contribution >= 4 is 34.3 Å². The van der Waals surface area contributed by atoms with Gasteiger partial charge in [0.1, 0.15) is 5.65 Å². The van der Waals surface area contributed by atoms with Crippen molar-refractivity contribution in [3.05, 3.63) is 53.9 Å². The second-order valence-electron chi connectivity index (χ2n) is 10.5. The molecule has 2 fully saturated rings. The molecule has 1 aromatic carbocycles. The van der Waals surface area contributed by atoms with Crippen LogP contribution in [0.2, 0.25) is 0 Å². The number of nitrogens with zero attached hydrogens (tertiary/aromatic N) is 3. The molecule has 2 saturated heterocycles. The molecule has 2 aliphatic heterocycles. The summed E-state index contributed by atoms with van der Waals surface area (Å²) < 4.78 is 12.5. The predicted molar refractivity (Wildman–Crippen MR) is 152 cm³/mol. The molecule has 39 heavy (non-hydrogen) atoms. The molecule has 1 atom stereocenters. The number of anilines is 2. The summed E-state index contributed by atoms with van der Waals surface area (Å²) in [7, 11) is 1.36. The van der Waals surface area contributed by atoms with Gasteiger partial charge in [-0.3, -0.25) is 4.79 Å². The molecular formula is C30H39N5O4. The van der Waals surface area contributed by atoms with Gasteiger partial charge in [0.05, 0.1) is 37.2 Å². The number of piperidine rings is 1. The molecule has 0 saturated carbocycles. The average Bonchev–Trinajstić information content (AvgIpc) is 3.60. The van der Waals surface area contributed by atoms with E-state index in [2.05, 4.69) is 34.6 Å². The summed E-state index contributed by atoms with van der Waals surface area (Å²) in [5, 5.41) is 7.44. The lowest BCUT2D eigenvalue weighted by atomic mass is 10.0. The third-order valence-corrected chi connectivity index (χ3v) is 7.79. The average molecular weight is 534 g/mol. The molecule has 2 aliphatic rings. The lowest BCUT2D eigenvalue weighted by Crippen LogP contribution is -2.39. The van der Waals surface area contributed by atoms with Gasteiger partial charge in [-0.1, -0.05) is 37.3 Å². The van der Waals surface area contributed by atoms with Crippen molar-refractivity contribution in [3.8, 4) is 0 Å². The molecule has 2 N–H and O–H groups in total. The van der Waals surface area contributed by atoms with E-state index in [0.29, 0.717) is 55.7 Å². The first-order valence-electron chi connectivity index (χ1n) is 14.1. The highest BCUT2D eigenvalue weighted by Gasteiger charge is 2.30. The van der Waals surface area contributed by atoms with Crippen LogP contribution in [-0.4, -0.2) is 72.3 Å². The Kier molecular flexibility index (Phi) is 8.78. The first kappa shape index (κ1) is 27.1. The number of methoxy groups -OCH3 is 1. The van der Waals surface area contributed by atoms with Gasteiger partial charge >= 0.3 is 5.97 Å². The Morgan fingerprint density at radius 1 is 1.13 bits per heavy atom. The maximum Gasteiger partial charge on any atom is 0.356 e. The first-order chi connectivity index (χ1) is 19.1. The third-order valence-electron chi connectivity index (χ3n) is 7.79. The number of nitrogens with one attached hydrogen (secondary N) is 2. The summed E-state index contributed by atoms with van der Waals surface area (Å²) >= 11 is 0. The number of aromatic nitrogens is 2. The molecule has 9 heteroatoms. The quantitative estimate of drug-likeness (QED) is 0.375. The minimum atomic E-state index is -0.503. The molecule has 0 radical (unpaired) electrons. The predicted octanol–water partition coefficient (Wildman–Crippen LogP) is 4.33. The lowest BCUT2D eigenvalue weighted by molar-refractivity contribution is -0.119. The van der Waals surface area contributed by atoms with Crippen LogP contribution in [0.25, 0.3) is 11.0 Å². The number of esters is 1. The fourth-order valence-electron chi connectivity index (χ4n) is 5.66. The van der Waals surface area contributed by atoms with Gasteiger partial charge in [-0.25, -0.2) is 9.78 Å². The molecule has 0 aliphatic carbocycles. The van der Waals surface area contributed by atoms with Crippen LogP contribution in [0.1, 0.15) is 48.7 Å². The maximum absolute atomic E-state index is 13.2. The Hall–Kier alpha value is -3.43. The van der Waals surface area contributed by atoms with Gasteiger partial charge in [0.2, 0.25) is 5.91 Å². The molecule has 1 amide bonds. The Morgan fingerprint density at radius 3 is 2.62 bits per heavy atom. The minimum Gasteiger partial charge on any atom is -0.464 e. The van der Waals surface area contributed by atoms with E-state index in [0.717, 1.165) is 49.1 Å². The van der Waals surface area contributed by atoms with Crippen LogP contribution >= 0.6 is 0 Å². The molecule has 0 bridgehead atoms. The second kappa shape index (κ2) is 12.6. The zero-order valence-corrected chi connectivity index (χ0v) is 22.9. The highest BCUT2D eigenvalue weighted by Crippen LogP contribution is 2.34. The largest absolute Gasteiger partial charge is 0.464 e. The summed E-state index contributed by atoms with van der Waals surface area (Å²) in [5.41, 5.74) is 3.45. The Balaban J connectivity index is 1.48. The number of fused-ring (bicyclic) bond motifs is 1. The van der Waals surface area contributed by atoms with Crippen LogP contribution in [0.15, 0.2) is 42.6 Å². The minimum absolute atomic E-state index is 0.151. The van der Waals surface area contributed by atoms with Crippen molar-refractivity contribution in [2.24, 2.45) is 5.92 Å². The second-order valence-corrected chi connectivity index (χ2v) is 10.5. The van der Waals surface area contributed by atoms with Gasteiger partial charge in [-0.2, -0.15) is 0 Å². The number of hydrogen-bond donors (Lipinski definition) is 2. The van der Waals surface area contributed by atoms with Crippen molar-refractivity contribution in [1.82, 2.24) is 14.5 Å². The number of carbonyl (C=O) groups is 2. The van der Waals surface area contributed by atoms with Gasteiger partial charge in [-0.05, 0) is 50.3 Å². The zero-order chi connectivity index (χ0) is 27.2. The highest BCUT2D eigenvalue weighted by molar-refractivity contribution is 6.11. The SMILES string of the molecule is CCCN1CCC(Nc2cnc3c(c2)c(NC(=O)[C@H]2CCOC2)c(C(=O)OC)n3CCc2ccccc2)CC1. The van der Waals surface area contributed by atoms with Crippen LogP contribution in [0.4, 0.5) is 11.4 Å². The van der Waals surface area contributed by atoms with E-state index in [1.165, 1.54) is 13.5 Å². The molecule has 3 aromatic rings. The first-order valence-corrected chi connectivity index (χ1v) is 14.1. The Labute approximate surface area is 229 Å². The van der Waals surface area contributed by atoms with Crippen molar-refractivity contribution in [2.45, 2.75) is 51.6 Å². The normalized spacial score (nSPS) is 18.4. The number of amides is 1. The zero-order valence-electron chi connectivity index (χ0n) is 22.9. The van der Waals surface area contributed by atoms with E-state index < -0.39 is 5.97 Å². The van der Waals surface area contributed by atoms with E-state index in [1.807, 2.05) is 35.0 Å². The van der Waals surface area contributed by atoms with Gasteiger partial charge in [0.15, 0.2) is 5.69 Å². The van der Waals surface area contributed by atoms with Crippen molar-refractivity contribution < 1.29 is 19.1 Å². The summed E-state index contributed by atoms with van der Waals surface area (Å²) in [6.07, 6.45) is 6.50. The maximum atomic E-state index is 13.2. The van der Waals surface area contributed by atoms with Crippen LogP contribution in [0.5, 0.6) is 0 Å². The number of benzene rings is 1. The molecular weight excluding hydrogens is 494 g/mol. The molecule has 208 valence electrons. The summed E-state index contributed by atoms with van der Waals surface area (Å²) in [6, 6.07) is 12.5. The molecule has 9 nitrogen and oxygen atoms in total. The Bertz CT molecular complexity index is 1280. The smallest absolute Gasteiger partial charge is 0.356 e. The van der Waals surface area contributed by atoms with E-state index in [4.69, 9.17) is 14.5 Å².